The summed E-state index contributed by atoms with van der Waals surface area (Å²) in [7, 11) is 0. The Kier molecular flexibility index (Phi) is 9.20. The molecule has 0 bridgehead atoms. The van der Waals surface area contributed by atoms with Gasteiger partial charge < -0.3 is 25.4 Å². The van der Waals surface area contributed by atoms with E-state index in [0.717, 1.165) is 16.0 Å². The van der Waals surface area contributed by atoms with Gasteiger partial charge in [-0.3, -0.25) is 14.4 Å². The van der Waals surface area contributed by atoms with E-state index in [4.69, 9.17) is 9.47 Å². The predicted molar refractivity (Wildman–Crippen MR) is 165 cm³/mol. The maximum atomic E-state index is 13.4. The van der Waals surface area contributed by atoms with Crippen LogP contribution >= 0.6 is 11.8 Å². The van der Waals surface area contributed by atoms with Gasteiger partial charge in [-0.2, -0.15) is 0 Å². The fourth-order valence-corrected chi connectivity index (χ4v) is 4.93. The summed E-state index contributed by atoms with van der Waals surface area (Å²) in [4.78, 5) is 39.7. The highest BCUT2D eigenvalue weighted by atomic mass is 32.2. The van der Waals surface area contributed by atoms with Gasteiger partial charge in [-0.15, -0.1) is 11.8 Å². The molecule has 0 aromatic heterocycles. The van der Waals surface area contributed by atoms with E-state index in [1.54, 1.807) is 66.7 Å². The third kappa shape index (κ3) is 7.58. The molecule has 42 heavy (non-hydrogen) atoms. The van der Waals surface area contributed by atoms with Gasteiger partial charge in [-0.1, -0.05) is 48.5 Å². The summed E-state index contributed by atoms with van der Waals surface area (Å²) in [6.45, 7) is 2.90. The van der Waals surface area contributed by atoms with Crippen molar-refractivity contribution >= 4 is 46.9 Å². The van der Waals surface area contributed by atoms with Crippen LogP contribution in [0.15, 0.2) is 108 Å². The number of amides is 3. The molecule has 4 aromatic rings. The molecule has 0 aliphatic carbocycles. The third-order valence-corrected chi connectivity index (χ3v) is 7.30. The number of carbonyl (C=O) groups is 3. The van der Waals surface area contributed by atoms with Crippen molar-refractivity contribution in [2.24, 2.45) is 0 Å². The number of aryl methyl sites for hydroxylation is 1. The van der Waals surface area contributed by atoms with Crippen LogP contribution in [-0.2, 0) is 9.59 Å². The molecule has 3 amide bonds. The summed E-state index contributed by atoms with van der Waals surface area (Å²) in [6, 6.07) is 28.8. The fraction of sp³-hybridized carbons (Fsp3) is 0.121. The summed E-state index contributed by atoms with van der Waals surface area (Å²) < 4.78 is 11.1. The molecule has 0 spiro atoms. The van der Waals surface area contributed by atoms with E-state index >= 15 is 0 Å². The molecule has 1 heterocycles. The first kappa shape index (κ1) is 28.5. The number of thioether (sulfide) groups is 1. The summed E-state index contributed by atoms with van der Waals surface area (Å²) in [5.74, 6) is 0.380. The minimum absolute atomic E-state index is 0.106. The van der Waals surface area contributed by atoms with Gasteiger partial charge in [0.05, 0.1) is 5.75 Å². The Bertz CT molecular complexity index is 1640. The average Bonchev–Trinajstić information content (AvgIpc) is 3.01. The predicted octanol–water partition coefficient (Wildman–Crippen LogP) is 5.91. The number of fused-ring (bicyclic) bond motifs is 1. The number of carbonyl (C=O) groups excluding carboxylic acids is 3. The lowest BCUT2D eigenvalue weighted by molar-refractivity contribution is -0.114. The Labute approximate surface area is 248 Å². The Morgan fingerprint density at radius 1 is 0.786 bits per heavy atom. The van der Waals surface area contributed by atoms with Crippen LogP contribution in [0.4, 0.5) is 11.4 Å². The number of ether oxygens (including phenoxy) is 2. The molecule has 212 valence electrons. The van der Waals surface area contributed by atoms with E-state index in [0.29, 0.717) is 41.7 Å². The molecule has 0 fully saturated rings. The van der Waals surface area contributed by atoms with Gasteiger partial charge in [0.2, 0.25) is 5.91 Å². The molecule has 1 aliphatic heterocycles. The first-order valence-corrected chi connectivity index (χ1v) is 14.3. The molecule has 0 atom stereocenters. The molecule has 1 aliphatic rings. The van der Waals surface area contributed by atoms with Crippen molar-refractivity contribution in [3.63, 3.8) is 0 Å². The summed E-state index contributed by atoms with van der Waals surface area (Å²) >= 11 is 1.34. The van der Waals surface area contributed by atoms with Crippen LogP contribution in [0.25, 0.3) is 6.08 Å². The number of nitrogens with one attached hydrogen (secondary N) is 3. The number of hydrogen-bond acceptors (Lipinski definition) is 6. The number of hydrogen-bond donors (Lipinski definition) is 3. The molecule has 0 saturated heterocycles. The van der Waals surface area contributed by atoms with Gasteiger partial charge in [0, 0.05) is 27.9 Å². The van der Waals surface area contributed by atoms with Crippen LogP contribution < -0.4 is 25.4 Å². The quantitative estimate of drug-likeness (QED) is 0.168. The molecule has 3 N–H and O–H groups in total. The summed E-state index contributed by atoms with van der Waals surface area (Å²) in [5.41, 5.74) is 3.47. The van der Waals surface area contributed by atoms with Crippen molar-refractivity contribution in [1.82, 2.24) is 5.32 Å². The Morgan fingerprint density at radius 3 is 2.33 bits per heavy atom. The normalized spacial score (nSPS) is 12.3. The van der Waals surface area contributed by atoms with E-state index in [2.05, 4.69) is 16.0 Å². The van der Waals surface area contributed by atoms with Crippen LogP contribution in [0.5, 0.6) is 11.5 Å². The minimum atomic E-state index is -0.471. The standard InChI is InChI=1S/C33H29N3O5S/c1-22-8-5-6-11-24(22)18-28(36-32(38)23-9-3-2-4-10-23)33(39)35-25-12-7-13-27(19-25)42-21-31(37)34-26-14-15-29-30(20-26)41-17-16-40-29/h2-15,18-20H,16-17,21H2,1H3,(H,34,37)(H,35,39)(H,36,38)/b28-18-. The molecule has 5 rings (SSSR count). The summed E-state index contributed by atoms with van der Waals surface area (Å²) in [5, 5.41) is 8.51. The first-order chi connectivity index (χ1) is 20.4. The number of anilines is 2. The highest BCUT2D eigenvalue weighted by Crippen LogP contribution is 2.32. The van der Waals surface area contributed by atoms with Crippen molar-refractivity contribution in [3.05, 3.63) is 119 Å². The van der Waals surface area contributed by atoms with E-state index in [9.17, 15) is 14.4 Å². The number of benzene rings is 4. The maximum absolute atomic E-state index is 13.4. The highest BCUT2D eigenvalue weighted by Gasteiger charge is 2.16. The minimum Gasteiger partial charge on any atom is -0.486 e. The fourth-order valence-electron chi connectivity index (χ4n) is 4.18. The zero-order chi connectivity index (χ0) is 29.3. The number of rotatable bonds is 9. The van der Waals surface area contributed by atoms with Crippen molar-refractivity contribution < 1.29 is 23.9 Å². The lowest BCUT2D eigenvalue weighted by atomic mass is 10.1. The monoisotopic (exact) mass is 579 g/mol. The van der Waals surface area contributed by atoms with Gasteiger partial charge in [0.15, 0.2) is 11.5 Å². The zero-order valence-corrected chi connectivity index (χ0v) is 23.7. The molecular formula is C33H29N3O5S. The van der Waals surface area contributed by atoms with E-state index in [-0.39, 0.29) is 23.3 Å². The van der Waals surface area contributed by atoms with Gasteiger partial charge in [0.25, 0.3) is 11.8 Å². The zero-order valence-electron chi connectivity index (χ0n) is 22.9. The highest BCUT2D eigenvalue weighted by molar-refractivity contribution is 8.00. The second-order valence-electron chi connectivity index (χ2n) is 9.41. The Balaban J connectivity index is 1.24. The SMILES string of the molecule is Cc1ccccc1/C=C(\NC(=O)c1ccccc1)C(=O)Nc1cccc(SCC(=O)Nc2ccc3c(c2)OCCO3)c1. The van der Waals surface area contributed by atoms with Crippen LogP contribution in [-0.4, -0.2) is 36.7 Å². The van der Waals surface area contributed by atoms with Crippen molar-refractivity contribution in [3.8, 4) is 11.5 Å². The van der Waals surface area contributed by atoms with Gasteiger partial charge in [-0.05, 0) is 66.6 Å². The maximum Gasteiger partial charge on any atom is 0.272 e. The molecule has 4 aromatic carbocycles. The van der Waals surface area contributed by atoms with Crippen molar-refractivity contribution in [2.45, 2.75) is 11.8 Å². The molecule has 0 radical (unpaired) electrons. The lowest BCUT2D eigenvalue weighted by Gasteiger charge is -2.19. The Morgan fingerprint density at radius 2 is 1.52 bits per heavy atom. The van der Waals surface area contributed by atoms with Crippen LogP contribution in [0.2, 0.25) is 0 Å². The van der Waals surface area contributed by atoms with Gasteiger partial charge in [0.1, 0.15) is 18.9 Å². The van der Waals surface area contributed by atoms with Crippen LogP contribution in [0, 0.1) is 6.92 Å². The van der Waals surface area contributed by atoms with Gasteiger partial charge in [-0.25, -0.2) is 0 Å². The molecule has 0 saturated carbocycles. The Hall–Kier alpha value is -5.02. The third-order valence-electron chi connectivity index (χ3n) is 6.30. The topological polar surface area (TPSA) is 106 Å². The smallest absolute Gasteiger partial charge is 0.272 e. The molecule has 8 nitrogen and oxygen atoms in total. The second-order valence-corrected chi connectivity index (χ2v) is 10.5. The van der Waals surface area contributed by atoms with E-state index in [1.165, 1.54) is 11.8 Å². The van der Waals surface area contributed by atoms with Crippen molar-refractivity contribution in [1.29, 1.82) is 0 Å². The van der Waals surface area contributed by atoms with Crippen LogP contribution in [0.1, 0.15) is 21.5 Å². The molecular weight excluding hydrogens is 550 g/mol. The van der Waals surface area contributed by atoms with E-state index < -0.39 is 5.91 Å². The van der Waals surface area contributed by atoms with Crippen molar-refractivity contribution in [2.75, 3.05) is 29.6 Å². The summed E-state index contributed by atoms with van der Waals surface area (Å²) in [6.07, 6.45) is 1.66. The average molecular weight is 580 g/mol. The molecule has 0 unspecified atom stereocenters. The van der Waals surface area contributed by atoms with Crippen LogP contribution in [0.3, 0.4) is 0 Å². The lowest BCUT2D eigenvalue weighted by Crippen LogP contribution is -2.30. The van der Waals surface area contributed by atoms with Gasteiger partial charge >= 0.3 is 0 Å². The second kappa shape index (κ2) is 13.6. The molecule has 9 heteroatoms. The van der Waals surface area contributed by atoms with E-state index in [1.807, 2.05) is 43.3 Å². The first-order valence-electron chi connectivity index (χ1n) is 13.3. The largest absolute Gasteiger partial charge is 0.486 e.